The highest BCUT2D eigenvalue weighted by molar-refractivity contribution is 6.04. The minimum Gasteiger partial charge on any atom is -0.507 e. The molecular formula is C23H19FN2O3. The van der Waals surface area contributed by atoms with Crippen LogP contribution in [0, 0.1) is 5.82 Å². The van der Waals surface area contributed by atoms with Gasteiger partial charge in [-0.2, -0.15) is 5.10 Å². The second-order valence-electron chi connectivity index (χ2n) is 7.06. The van der Waals surface area contributed by atoms with Gasteiger partial charge in [0.15, 0.2) is 11.5 Å². The molecular weight excluding hydrogens is 371 g/mol. The SMILES string of the molecule is COc1cccc2c1O[C@H](c1ccc(F)cc1)N1N=C(c3ccccc3O)C[C@@H]21. The zero-order valence-corrected chi connectivity index (χ0v) is 15.7. The molecule has 3 aromatic rings. The zero-order valence-electron chi connectivity index (χ0n) is 15.7. The smallest absolute Gasteiger partial charge is 0.214 e. The van der Waals surface area contributed by atoms with E-state index in [1.165, 1.54) is 12.1 Å². The summed E-state index contributed by atoms with van der Waals surface area (Å²) in [6, 6.07) is 19.1. The van der Waals surface area contributed by atoms with Crippen molar-refractivity contribution in [3.8, 4) is 17.2 Å². The van der Waals surface area contributed by atoms with Gasteiger partial charge in [0, 0.05) is 23.1 Å². The maximum atomic E-state index is 13.5. The van der Waals surface area contributed by atoms with E-state index >= 15 is 0 Å². The number of methoxy groups -OCH3 is 1. The Balaban J connectivity index is 1.63. The molecule has 2 atom stereocenters. The summed E-state index contributed by atoms with van der Waals surface area (Å²) < 4.78 is 25.3. The van der Waals surface area contributed by atoms with Gasteiger partial charge < -0.3 is 14.6 Å². The van der Waals surface area contributed by atoms with Crippen molar-refractivity contribution in [1.29, 1.82) is 0 Å². The minimum atomic E-state index is -0.534. The Kier molecular flexibility index (Phi) is 4.12. The first kappa shape index (κ1) is 17.6. The maximum Gasteiger partial charge on any atom is 0.214 e. The average Bonchev–Trinajstić information content (AvgIpc) is 3.19. The van der Waals surface area contributed by atoms with Crippen molar-refractivity contribution in [2.24, 2.45) is 5.10 Å². The number of benzene rings is 3. The molecule has 3 aromatic carbocycles. The van der Waals surface area contributed by atoms with Crippen molar-refractivity contribution in [3.05, 3.63) is 89.2 Å². The summed E-state index contributed by atoms with van der Waals surface area (Å²) in [5.41, 5.74) is 3.23. The first-order valence-corrected chi connectivity index (χ1v) is 9.39. The van der Waals surface area contributed by atoms with Crippen LogP contribution in [-0.4, -0.2) is 22.9 Å². The molecule has 2 aliphatic rings. The molecule has 0 unspecified atom stereocenters. The van der Waals surface area contributed by atoms with Gasteiger partial charge in [-0.05, 0) is 30.3 Å². The van der Waals surface area contributed by atoms with Crippen LogP contribution < -0.4 is 9.47 Å². The van der Waals surface area contributed by atoms with Crippen molar-refractivity contribution >= 4 is 5.71 Å². The fraction of sp³-hybridized carbons (Fsp3) is 0.174. The van der Waals surface area contributed by atoms with Crippen molar-refractivity contribution in [2.75, 3.05) is 7.11 Å². The lowest BCUT2D eigenvalue weighted by molar-refractivity contribution is -0.0209. The molecule has 1 N–H and O–H groups in total. The number of aromatic hydroxyl groups is 1. The lowest BCUT2D eigenvalue weighted by atomic mass is 9.95. The Labute approximate surface area is 167 Å². The lowest BCUT2D eigenvalue weighted by Gasteiger charge is -2.38. The Morgan fingerprint density at radius 1 is 1.07 bits per heavy atom. The van der Waals surface area contributed by atoms with Crippen LogP contribution in [0.15, 0.2) is 71.8 Å². The molecule has 0 radical (unpaired) electrons. The van der Waals surface area contributed by atoms with Gasteiger partial charge in [0.25, 0.3) is 0 Å². The summed E-state index contributed by atoms with van der Waals surface area (Å²) in [7, 11) is 1.61. The molecule has 0 aliphatic carbocycles. The summed E-state index contributed by atoms with van der Waals surface area (Å²) in [5.74, 6) is 1.19. The Morgan fingerprint density at radius 2 is 1.86 bits per heavy atom. The predicted molar refractivity (Wildman–Crippen MR) is 107 cm³/mol. The fourth-order valence-electron chi connectivity index (χ4n) is 3.97. The first-order chi connectivity index (χ1) is 14.2. The van der Waals surface area contributed by atoms with Crippen molar-refractivity contribution < 1.29 is 19.0 Å². The number of para-hydroxylation sites is 2. The molecule has 2 heterocycles. The van der Waals surface area contributed by atoms with Crippen LogP contribution in [0.3, 0.4) is 0 Å². The van der Waals surface area contributed by atoms with E-state index in [1.807, 2.05) is 35.3 Å². The first-order valence-electron chi connectivity index (χ1n) is 9.39. The fourth-order valence-corrected chi connectivity index (χ4v) is 3.97. The van der Waals surface area contributed by atoms with E-state index in [4.69, 9.17) is 14.6 Å². The number of fused-ring (bicyclic) bond motifs is 3. The van der Waals surface area contributed by atoms with Crippen LogP contribution in [-0.2, 0) is 0 Å². The molecule has 0 aromatic heterocycles. The van der Waals surface area contributed by atoms with Crippen LogP contribution >= 0.6 is 0 Å². The molecule has 5 nitrogen and oxygen atoms in total. The van der Waals surface area contributed by atoms with Crippen LogP contribution in [0.2, 0.25) is 0 Å². The summed E-state index contributed by atoms with van der Waals surface area (Å²) in [6.07, 6.45) is 0.0754. The van der Waals surface area contributed by atoms with Crippen LogP contribution in [0.25, 0.3) is 0 Å². The summed E-state index contributed by atoms with van der Waals surface area (Å²) in [4.78, 5) is 0. The highest BCUT2D eigenvalue weighted by atomic mass is 19.1. The third kappa shape index (κ3) is 2.88. The topological polar surface area (TPSA) is 54.3 Å². The number of halogens is 1. The number of nitrogens with zero attached hydrogens (tertiary/aromatic N) is 2. The number of rotatable bonds is 3. The highest BCUT2D eigenvalue weighted by Crippen LogP contribution is 2.50. The van der Waals surface area contributed by atoms with Gasteiger partial charge in [-0.15, -0.1) is 0 Å². The summed E-state index contributed by atoms with van der Waals surface area (Å²) >= 11 is 0. The van der Waals surface area contributed by atoms with E-state index in [2.05, 4.69) is 0 Å². The van der Waals surface area contributed by atoms with Gasteiger partial charge in [-0.25, -0.2) is 9.40 Å². The molecule has 0 fully saturated rings. The van der Waals surface area contributed by atoms with Crippen LogP contribution in [0.1, 0.15) is 35.4 Å². The molecule has 0 amide bonds. The third-order valence-electron chi connectivity index (χ3n) is 5.37. The standard InChI is InChI=1S/C23H19FN2O3/c1-28-21-8-4-6-17-19-13-18(16-5-2-3-7-20(16)27)25-26(19)23(29-22(17)21)14-9-11-15(24)12-10-14/h2-12,19,23,27H,13H2,1H3/t19-,23+/m0/s1. The summed E-state index contributed by atoms with van der Waals surface area (Å²) in [5, 5.41) is 17.0. The molecule has 146 valence electrons. The van der Waals surface area contributed by atoms with Gasteiger partial charge in [0.1, 0.15) is 11.6 Å². The van der Waals surface area contributed by atoms with E-state index < -0.39 is 6.23 Å². The summed E-state index contributed by atoms with van der Waals surface area (Å²) in [6.45, 7) is 0. The van der Waals surface area contributed by atoms with E-state index in [9.17, 15) is 9.50 Å². The van der Waals surface area contributed by atoms with Crippen LogP contribution in [0.5, 0.6) is 17.2 Å². The normalized spacial score (nSPS) is 19.8. The predicted octanol–water partition coefficient (Wildman–Crippen LogP) is 4.78. The minimum absolute atomic E-state index is 0.0847. The lowest BCUT2D eigenvalue weighted by Crippen LogP contribution is -2.33. The molecule has 5 rings (SSSR count). The van der Waals surface area contributed by atoms with Gasteiger partial charge in [0.05, 0.1) is 18.9 Å². The van der Waals surface area contributed by atoms with Gasteiger partial charge in [0.2, 0.25) is 6.23 Å². The van der Waals surface area contributed by atoms with Crippen molar-refractivity contribution in [2.45, 2.75) is 18.7 Å². The maximum absolute atomic E-state index is 13.5. The molecule has 0 saturated carbocycles. The zero-order chi connectivity index (χ0) is 20.0. The number of phenols is 1. The number of hydrogen-bond donors (Lipinski definition) is 1. The molecule has 0 saturated heterocycles. The monoisotopic (exact) mass is 390 g/mol. The number of hydrogen-bond acceptors (Lipinski definition) is 5. The Morgan fingerprint density at radius 3 is 2.62 bits per heavy atom. The largest absolute Gasteiger partial charge is 0.507 e. The third-order valence-corrected chi connectivity index (χ3v) is 5.37. The van der Waals surface area contributed by atoms with Gasteiger partial charge >= 0.3 is 0 Å². The quantitative estimate of drug-likeness (QED) is 0.699. The Hall–Kier alpha value is -3.54. The van der Waals surface area contributed by atoms with Gasteiger partial charge in [-0.1, -0.05) is 36.4 Å². The molecule has 29 heavy (non-hydrogen) atoms. The van der Waals surface area contributed by atoms with E-state index in [0.717, 1.165) is 16.8 Å². The number of phenolic OH excluding ortho intramolecular Hbond substituents is 1. The Bertz CT molecular complexity index is 1100. The number of hydrazone groups is 1. The molecule has 0 spiro atoms. The molecule has 0 bridgehead atoms. The highest BCUT2D eigenvalue weighted by Gasteiger charge is 2.42. The second kappa shape index (κ2) is 6.81. The number of ether oxygens (including phenoxy) is 2. The van der Waals surface area contributed by atoms with E-state index in [1.54, 1.807) is 31.4 Å². The molecule has 2 aliphatic heterocycles. The van der Waals surface area contributed by atoms with Crippen molar-refractivity contribution in [3.63, 3.8) is 0 Å². The molecule has 6 heteroatoms. The van der Waals surface area contributed by atoms with E-state index in [-0.39, 0.29) is 17.6 Å². The van der Waals surface area contributed by atoms with Crippen LogP contribution in [0.4, 0.5) is 4.39 Å². The second-order valence-corrected chi connectivity index (χ2v) is 7.06. The van der Waals surface area contributed by atoms with Crippen molar-refractivity contribution in [1.82, 2.24) is 5.01 Å². The van der Waals surface area contributed by atoms with E-state index in [0.29, 0.717) is 23.5 Å². The van der Waals surface area contributed by atoms with Gasteiger partial charge in [-0.3, -0.25) is 0 Å². The average molecular weight is 390 g/mol.